The van der Waals surface area contributed by atoms with Crippen LogP contribution in [0.2, 0.25) is 0 Å². The van der Waals surface area contributed by atoms with Crippen LogP contribution >= 0.6 is 0 Å². The predicted molar refractivity (Wildman–Crippen MR) is 99.7 cm³/mol. The van der Waals surface area contributed by atoms with Crippen LogP contribution in [-0.2, 0) is 9.59 Å². The van der Waals surface area contributed by atoms with Gasteiger partial charge in [-0.3, -0.25) is 9.59 Å². The second kappa shape index (κ2) is 10.7. The van der Waals surface area contributed by atoms with E-state index in [4.69, 9.17) is 4.74 Å². The minimum absolute atomic E-state index is 0.571. The number of rotatable bonds is 9. The third-order valence-corrected chi connectivity index (χ3v) is 4.65. The largest absolute Gasteiger partial charge is 0.494 e. The molecule has 0 heterocycles. The Morgan fingerprint density at radius 3 is 2.48 bits per heavy atom. The van der Waals surface area contributed by atoms with Crippen LogP contribution in [0.1, 0.15) is 58.3 Å². The molecule has 1 aromatic carbocycles. The zero-order valence-corrected chi connectivity index (χ0v) is 15.2. The molecule has 2 N–H and O–H groups in total. The lowest BCUT2D eigenvalue weighted by atomic mass is 10.0. The van der Waals surface area contributed by atoms with Crippen LogP contribution in [0.25, 0.3) is 0 Å². The first kappa shape index (κ1) is 19.3. The van der Waals surface area contributed by atoms with Gasteiger partial charge in [0, 0.05) is 12.2 Å². The summed E-state index contributed by atoms with van der Waals surface area (Å²) < 4.78 is 5.63. The van der Waals surface area contributed by atoms with Gasteiger partial charge in [0.15, 0.2) is 0 Å². The zero-order chi connectivity index (χ0) is 17.9. The van der Waals surface area contributed by atoms with Gasteiger partial charge >= 0.3 is 11.8 Å². The van der Waals surface area contributed by atoms with Gasteiger partial charge < -0.3 is 15.4 Å². The van der Waals surface area contributed by atoms with Crippen molar-refractivity contribution in [1.82, 2.24) is 5.32 Å². The molecule has 0 aliphatic heterocycles. The van der Waals surface area contributed by atoms with Crippen LogP contribution in [0.15, 0.2) is 24.3 Å². The second-order valence-electron chi connectivity index (χ2n) is 6.73. The number of benzene rings is 1. The molecule has 5 heteroatoms. The normalized spacial score (nSPS) is 14.3. The third-order valence-electron chi connectivity index (χ3n) is 4.65. The molecule has 1 saturated carbocycles. The molecule has 1 aliphatic rings. The Hall–Kier alpha value is -2.04. The minimum Gasteiger partial charge on any atom is -0.494 e. The molecule has 0 saturated heterocycles. The van der Waals surface area contributed by atoms with Gasteiger partial charge in [0.1, 0.15) is 5.75 Å². The number of hydrogen-bond acceptors (Lipinski definition) is 3. The molecular formula is C20H30N2O3. The molecule has 1 aliphatic carbocycles. The molecule has 0 atom stereocenters. The summed E-state index contributed by atoms with van der Waals surface area (Å²) in [4.78, 5) is 23.8. The van der Waals surface area contributed by atoms with Gasteiger partial charge in [0.05, 0.1) is 6.61 Å². The van der Waals surface area contributed by atoms with Crippen LogP contribution in [-0.4, -0.2) is 25.0 Å². The number of hydrogen-bond donors (Lipinski definition) is 2. The lowest BCUT2D eigenvalue weighted by Gasteiger charge is -2.10. The van der Waals surface area contributed by atoms with Crippen LogP contribution in [0, 0.1) is 5.92 Å². The van der Waals surface area contributed by atoms with Crippen molar-refractivity contribution in [2.75, 3.05) is 18.5 Å². The van der Waals surface area contributed by atoms with Crippen molar-refractivity contribution < 1.29 is 14.3 Å². The van der Waals surface area contributed by atoms with E-state index in [0.717, 1.165) is 31.4 Å². The summed E-state index contributed by atoms with van der Waals surface area (Å²) in [6.07, 6.45) is 9.39. The van der Waals surface area contributed by atoms with Crippen LogP contribution in [0.5, 0.6) is 5.75 Å². The Labute approximate surface area is 150 Å². The van der Waals surface area contributed by atoms with Gasteiger partial charge in [-0.2, -0.15) is 0 Å². The molecular weight excluding hydrogens is 316 g/mol. The zero-order valence-electron chi connectivity index (χ0n) is 15.2. The van der Waals surface area contributed by atoms with E-state index in [1.807, 2.05) is 0 Å². The molecule has 0 radical (unpaired) electrons. The summed E-state index contributed by atoms with van der Waals surface area (Å²) in [7, 11) is 0. The molecule has 2 amide bonds. The van der Waals surface area contributed by atoms with Crippen LogP contribution < -0.4 is 15.4 Å². The number of amides is 2. The first-order valence-electron chi connectivity index (χ1n) is 9.51. The molecule has 1 aromatic rings. The van der Waals surface area contributed by atoms with Gasteiger partial charge in [-0.15, -0.1) is 0 Å². The summed E-state index contributed by atoms with van der Waals surface area (Å²) in [6, 6.07) is 7.11. The fourth-order valence-corrected chi connectivity index (χ4v) is 3.13. The molecule has 138 valence electrons. The third kappa shape index (κ3) is 7.16. The van der Waals surface area contributed by atoms with Crippen molar-refractivity contribution in [3.63, 3.8) is 0 Å². The van der Waals surface area contributed by atoms with E-state index >= 15 is 0 Å². The van der Waals surface area contributed by atoms with Gasteiger partial charge in [0.25, 0.3) is 0 Å². The number of ether oxygens (including phenoxy) is 1. The lowest BCUT2D eigenvalue weighted by Crippen LogP contribution is -2.36. The molecule has 25 heavy (non-hydrogen) atoms. The maximum absolute atomic E-state index is 11.9. The smallest absolute Gasteiger partial charge is 0.313 e. The Bertz CT molecular complexity index is 536. The highest BCUT2D eigenvalue weighted by Crippen LogP contribution is 2.26. The van der Waals surface area contributed by atoms with Crippen LogP contribution in [0.3, 0.4) is 0 Å². The quantitative estimate of drug-likeness (QED) is 0.526. The van der Waals surface area contributed by atoms with E-state index in [1.165, 1.54) is 25.7 Å². The SMILES string of the molecule is CCCCCOc1ccc(NC(=O)C(=O)NCCC2CCCC2)cc1. The van der Waals surface area contributed by atoms with Crippen molar-refractivity contribution >= 4 is 17.5 Å². The average molecular weight is 346 g/mol. The highest BCUT2D eigenvalue weighted by Gasteiger charge is 2.17. The van der Waals surface area contributed by atoms with E-state index in [-0.39, 0.29) is 0 Å². The fraction of sp³-hybridized carbons (Fsp3) is 0.600. The Kier molecular flexibility index (Phi) is 8.29. The summed E-state index contributed by atoms with van der Waals surface area (Å²) >= 11 is 0. The Balaban J connectivity index is 1.67. The van der Waals surface area contributed by atoms with Gasteiger partial charge in [-0.1, -0.05) is 45.4 Å². The number of anilines is 1. The molecule has 5 nitrogen and oxygen atoms in total. The van der Waals surface area contributed by atoms with Gasteiger partial charge in [0.2, 0.25) is 0 Å². The second-order valence-corrected chi connectivity index (χ2v) is 6.73. The number of carbonyl (C=O) groups excluding carboxylic acids is 2. The minimum atomic E-state index is -0.622. The molecule has 0 unspecified atom stereocenters. The lowest BCUT2D eigenvalue weighted by molar-refractivity contribution is -0.136. The van der Waals surface area contributed by atoms with Gasteiger partial charge in [-0.05, 0) is 43.0 Å². The fourth-order valence-electron chi connectivity index (χ4n) is 3.13. The summed E-state index contributed by atoms with van der Waals surface area (Å²) in [5.74, 6) is 0.282. The van der Waals surface area contributed by atoms with Crippen molar-refractivity contribution in [2.24, 2.45) is 5.92 Å². The molecule has 0 bridgehead atoms. The monoisotopic (exact) mass is 346 g/mol. The van der Waals surface area contributed by atoms with Crippen molar-refractivity contribution in [3.8, 4) is 5.75 Å². The van der Waals surface area contributed by atoms with Crippen LogP contribution in [0.4, 0.5) is 5.69 Å². The number of nitrogens with one attached hydrogen (secondary N) is 2. The summed E-state index contributed by atoms with van der Waals surface area (Å²) in [5, 5.41) is 5.32. The predicted octanol–water partition coefficient (Wildman–Crippen LogP) is 3.89. The van der Waals surface area contributed by atoms with Gasteiger partial charge in [-0.25, -0.2) is 0 Å². The molecule has 0 aromatic heterocycles. The highest BCUT2D eigenvalue weighted by molar-refractivity contribution is 6.39. The topological polar surface area (TPSA) is 67.4 Å². The van der Waals surface area contributed by atoms with E-state index in [0.29, 0.717) is 24.8 Å². The first-order chi connectivity index (χ1) is 12.2. The summed E-state index contributed by atoms with van der Waals surface area (Å²) in [6.45, 7) is 3.42. The van der Waals surface area contributed by atoms with E-state index in [2.05, 4.69) is 17.6 Å². The highest BCUT2D eigenvalue weighted by atomic mass is 16.5. The Morgan fingerprint density at radius 1 is 1.08 bits per heavy atom. The van der Waals surface area contributed by atoms with E-state index < -0.39 is 11.8 Å². The standard InChI is InChI=1S/C20H30N2O3/c1-2-3-6-15-25-18-11-9-17(10-12-18)22-20(24)19(23)21-14-13-16-7-4-5-8-16/h9-12,16H,2-8,13-15H2,1H3,(H,21,23)(H,22,24). The molecule has 0 spiro atoms. The van der Waals surface area contributed by atoms with E-state index in [9.17, 15) is 9.59 Å². The van der Waals surface area contributed by atoms with Crippen molar-refractivity contribution in [2.45, 2.75) is 58.3 Å². The van der Waals surface area contributed by atoms with Crippen molar-refractivity contribution in [1.29, 1.82) is 0 Å². The molecule has 1 fully saturated rings. The molecule has 2 rings (SSSR count). The van der Waals surface area contributed by atoms with Crippen molar-refractivity contribution in [3.05, 3.63) is 24.3 Å². The average Bonchev–Trinajstić information content (AvgIpc) is 3.13. The Morgan fingerprint density at radius 2 is 1.80 bits per heavy atom. The first-order valence-corrected chi connectivity index (χ1v) is 9.51. The maximum atomic E-state index is 11.9. The summed E-state index contributed by atoms with van der Waals surface area (Å²) in [5.41, 5.74) is 0.594. The van der Waals surface area contributed by atoms with E-state index in [1.54, 1.807) is 24.3 Å². The number of carbonyl (C=O) groups is 2. The number of unbranched alkanes of at least 4 members (excludes halogenated alkanes) is 2. The maximum Gasteiger partial charge on any atom is 0.313 e.